The largest absolute Gasteiger partial charge is 0.345 e. The van der Waals surface area contributed by atoms with E-state index in [0.29, 0.717) is 11.3 Å². The minimum atomic E-state index is -0.459. The highest BCUT2D eigenvalue weighted by molar-refractivity contribution is 7.99. The third-order valence-corrected chi connectivity index (χ3v) is 4.12. The molecule has 0 saturated carbocycles. The lowest BCUT2D eigenvalue weighted by atomic mass is 10.2. The number of nitrogens with zero attached hydrogens (tertiary/aromatic N) is 4. The van der Waals surface area contributed by atoms with Gasteiger partial charge in [-0.05, 0) is 31.2 Å². The molecule has 9 nitrogen and oxygen atoms in total. The average molecular weight is 362 g/mol. The topological polar surface area (TPSA) is 123 Å². The van der Waals surface area contributed by atoms with Crippen molar-refractivity contribution in [2.75, 3.05) is 31.0 Å². The number of nitrogen functional groups attached to an aromatic ring is 1. The van der Waals surface area contributed by atoms with E-state index in [4.69, 9.17) is 5.84 Å². The van der Waals surface area contributed by atoms with Crippen LogP contribution in [0.25, 0.3) is 0 Å². The van der Waals surface area contributed by atoms with Gasteiger partial charge in [0.15, 0.2) is 0 Å². The van der Waals surface area contributed by atoms with E-state index in [1.54, 1.807) is 38.4 Å². The Morgan fingerprint density at radius 2 is 1.88 bits per heavy atom. The summed E-state index contributed by atoms with van der Waals surface area (Å²) < 4.78 is 0.863. The van der Waals surface area contributed by atoms with E-state index in [0.717, 1.165) is 16.4 Å². The van der Waals surface area contributed by atoms with Crippen LogP contribution in [0.1, 0.15) is 16.1 Å². The number of aromatic nitrogens is 3. The summed E-state index contributed by atoms with van der Waals surface area (Å²) in [5.74, 6) is 5.19. The Morgan fingerprint density at radius 3 is 2.48 bits per heavy atom. The van der Waals surface area contributed by atoms with Crippen LogP contribution in [0.15, 0.2) is 34.2 Å². The Labute approximate surface area is 148 Å². The van der Waals surface area contributed by atoms with Gasteiger partial charge in [-0.15, -0.1) is 10.2 Å². The van der Waals surface area contributed by atoms with Gasteiger partial charge in [-0.3, -0.25) is 14.4 Å². The molecule has 10 heteroatoms. The van der Waals surface area contributed by atoms with Crippen LogP contribution in [0, 0.1) is 6.92 Å². The van der Waals surface area contributed by atoms with E-state index in [1.165, 1.54) is 11.8 Å². The zero-order valence-corrected chi connectivity index (χ0v) is 14.8. The molecular weight excluding hydrogens is 344 g/mol. The number of anilines is 1. The summed E-state index contributed by atoms with van der Waals surface area (Å²) in [5, 5.41) is 10.3. The third kappa shape index (κ3) is 4.57. The van der Waals surface area contributed by atoms with Gasteiger partial charge in [0.05, 0.1) is 5.75 Å². The SMILES string of the molecule is Cc1nnc(SCC(=O)Nc2ccc(C(=O)N(C)C)cc2)n(N)c1=O. The van der Waals surface area contributed by atoms with Gasteiger partial charge in [-0.25, -0.2) is 0 Å². The lowest BCUT2D eigenvalue weighted by Gasteiger charge is -2.11. The van der Waals surface area contributed by atoms with Crippen molar-refractivity contribution in [3.63, 3.8) is 0 Å². The maximum atomic E-state index is 12.0. The predicted octanol–water partition coefficient (Wildman–Crippen LogP) is 0.0931. The molecule has 0 atom stereocenters. The van der Waals surface area contributed by atoms with Crippen LogP contribution in [0.3, 0.4) is 0 Å². The van der Waals surface area contributed by atoms with Crippen LogP contribution in [-0.4, -0.2) is 51.4 Å². The van der Waals surface area contributed by atoms with E-state index in [-0.39, 0.29) is 28.4 Å². The van der Waals surface area contributed by atoms with Crippen LogP contribution in [0.4, 0.5) is 5.69 Å². The van der Waals surface area contributed by atoms with Gasteiger partial charge >= 0.3 is 0 Å². The molecule has 2 aromatic rings. The van der Waals surface area contributed by atoms with Gasteiger partial charge in [-0.1, -0.05) is 11.8 Å². The molecule has 0 saturated heterocycles. The molecule has 0 unspecified atom stereocenters. The van der Waals surface area contributed by atoms with Crippen molar-refractivity contribution in [1.29, 1.82) is 0 Å². The fraction of sp³-hybridized carbons (Fsp3) is 0.267. The number of carbonyl (C=O) groups excluding carboxylic acids is 2. The first-order chi connectivity index (χ1) is 11.8. The van der Waals surface area contributed by atoms with Gasteiger partial charge in [-0.2, -0.15) is 4.68 Å². The van der Waals surface area contributed by atoms with Crippen molar-refractivity contribution in [3.05, 3.63) is 45.9 Å². The summed E-state index contributed by atoms with van der Waals surface area (Å²) in [5.41, 5.74) is 0.809. The second kappa shape index (κ2) is 7.79. The summed E-state index contributed by atoms with van der Waals surface area (Å²) in [6, 6.07) is 6.55. The van der Waals surface area contributed by atoms with Crippen molar-refractivity contribution in [3.8, 4) is 0 Å². The van der Waals surface area contributed by atoms with Crippen LogP contribution in [0.5, 0.6) is 0 Å². The number of hydrogen-bond acceptors (Lipinski definition) is 7. The highest BCUT2D eigenvalue weighted by atomic mass is 32.2. The number of carbonyl (C=O) groups is 2. The first kappa shape index (κ1) is 18.5. The van der Waals surface area contributed by atoms with Crippen LogP contribution in [-0.2, 0) is 4.79 Å². The van der Waals surface area contributed by atoms with Gasteiger partial charge in [0.25, 0.3) is 11.5 Å². The van der Waals surface area contributed by atoms with Crippen LogP contribution >= 0.6 is 11.8 Å². The molecule has 1 aromatic carbocycles. The number of nitrogens with one attached hydrogen (secondary N) is 1. The Morgan fingerprint density at radius 1 is 1.24 bits per heavy atom. The smallest absolute Gasteiger partial charge is 0.294 e. The molecule has 0 aliphatic heterocycles. The molecule has 0 aliphatic rings. The van der Waals surface area contributed by atoms with Gasteiger partial charge in [0.2, 0.25) is 11.1 Å². The summed E-state index contributed by atoms with van der Waals surface area (Å²) in [4.78, 5) is 36.9. The maximum absolute atomic E-state index is 12.0. The lowest BCUT2D eigenvalue weighted by molar-refractivity contribution is -0.113. The van der Waals surface area contributed by atoms with E-state index >= 15 is 0 Å². The minimum Gasteiger partial charge on any atom is -0.345 e. The van der Waals surface area contributed by atoms with Crippen LogP contribution in [0.2, 0.25) is 0 Å². The molecule has 0 fully saturated rings. The first-order valence-corrected chi connectivity index (χ1v) is 8.24. The van der Waals surface area contributed by atoms with Crippen LogP contribution < -0.4 is 16.7 Å². The molecule has 0 bridgehead atoms. The molecule has 3 N–H and O–H groups in total. The molecule has 0 spiro atoms. The Balaban J connectivity index is 1.96. The van der Waals surface area contributed by atoms with Crippen molar-refractivity contribution >= 4 is 29.3 Å². The van der Waals surface area contributed by atoms with E-state index in [1.807, 2.05) is 0 Å². The minimum absolute atomic E-state index is 0.00671. The molecule has 0 radical (unpaired) electrons. The first-order valence-electron chi connectivity index (χ1n) is 7.25. The van der Waals surface area contributed by atoms with Gasteiger partial charge in [0.1, 0.15) is 5.69 Å². The summed E-state index contributed by atoms with van der Waals surface area (Å²) in [6.07, 6.45) is 0. The maximum Gasteiger partial charge on any atom is 0.294 e. The highest BCUT2D eigenvalue weighted by Crippen LogP contribution is 2.14. The second-order valence-electron chi connectivity index (χ2n) is 5.36. The molecule has 0 aliphatic carbocycles. The van der Waals surface area contributed by atoms with Crippen molar-refractivity contribution in [2.45, 2.75) is 12.1 Å². The number of thioether (sulfide) groups is 1. The molecule has 1 heterocycles. The van der Waals surface area contributed by atoms with Crippen molar-refractivity contribution in [1.82, 2.24) is 19.8 Å². The Kier molecular flexibility index (Phi) is 5.75. The number of rotatable bonds is 5. The predicted molar refractivity (Wildman–Crippen MR) is 95.0 cm³/mol. The molecule has 1 aromatic heterocycles. The number of aryl methyl sites for hydroxylation is 1. The fourth-order valence-corrected chi connectivity index (χ4v) is 2.50. The number of amides is 2. The second-order valence-corrected chi connectivity index (χ2v) is 6.30. The summed E-state index contributed by atoms with van der Waals surface area (Å²) >= 11 is 1.00. The average Bonchev–Trinajstić information content (AvgIpc) is 2.59. The zero-order chi connectivity index (χ0) is 18.6. The number of hydrogen-bond donors (Lipinski definition) is 2. The van der Waals surface area contributed by atoms with E-state index in [9.17, 15) is 14.4 Å². The lowest BCUT2D eigenvalue weighted by Crippen LogP contribution is -2.32. The third-order valence-electron chi connectivity index (χ3n) is 3.17. The van der Waals surface area contributed by atoms with E-state index in [2.05, 4.69) is 15.5 Å². The molecule has 132 valence electrons. The quantitative estimate of drug-likeness (QED) is 0.571. The molecule has 2 amide bonds. The Bertz CT molecular complexity index is 847. The van der Waals surface area contributed by atoms with Gasteiger partial charge < -0.3 is 16.1 Å². The monoisotopic (exact) mass is 362 g/mol. The molecular formula is C15H18N6O3S. The van der Waals surface area contributed by atoms with Crippen molar-refractivity contribution in [2.24, 2.45) is 0 Å². The zero-order valence-electron chi connectivity index (χ0n) is 14.0. The highest BCUT2D eigenvalue weighted by Gasteiger charge is 2.11. The molecule has 2 rings (SSSR count). The summed E-state index contributed by atoms with van der Waals surface area (Å²) in [6.45, 7) is 1.50. The van der Waals surface area contributed by atoms with E-state index < -0.39 is 5.56 Å². The van der Waals surface area contributed by atoms with Crippen molar-refractivity contribution < 1.29 is 9.59 Å². The fourth-order valence-electron chi connectivity index (χ4n) is 1.85. The number of nitrogens with two attached hydrogens (primary N) is 1. The Hall–Kier alpha value is -2.88. The normalized spacial score (nSPS) is 10.4. The molecule has 25 heavy (non-hydrogen) atoms. The summed E-state index contributed by atoms with van der Waals surface area (Å²) in [7, 11) is 3.33. The van der Waals surface area contributed by atoms with Gasteiger partial charge in [0, 0.05) is 25.3 Å². The standard InChI is InChI=1S/C15H18N6O3S/c1-9-13(23)21(16)15(19-18-9)25-8-12(22)17-11-6-4-10(5-7-11)14(24)20(2)3/h4-7H,8,16H2,1-3H3,(H,17,22). The number of benzene rings is 1.